The first-order valence-corrected chi connectivity index (χ1v) is 8.65. The van der Waals surface area contributed by atoms with Crippen LogP contribution in [0.25, 0.3) is 0 Å². The number of hydrogen-bond acceptors (Lipinski definition) is 2. The van der Waals surface area contributed by atoms with Crippen LogP contribution in [0, 0.1) is 0 Å². The first-order chi connectivity index (χ1) is 11.5. The van der Waals surface area contributed by atoms with Crippen LogP contribution in [0.15, 0.2) is 24.3 Å². The Morgan fingerprint density at radius 2 is 1.83 bits per heavy atom. The van der Waals surface area contributed by atoms with Crippen LogP contribution in [0.4, 0.5) is 14.9 Å². The topological polar surface area (TPSA) is 52.7 Å². The van der Waals surface area contributed by atoms with Gasteiger partial charge in [0, 0.05) is 30.3 Å². The van der Waals surface area contributed by atoms with E-state index in [1.165, 1.54) is 4.90 Å². The molecule has 0 saturated carbocycles. The van der Waals surface area contributed by atoms with E-state index < -0.39 is 17.6 Å². The Morgan fingerprint density at radius 1 is 1.12 bits per heavy atom. The summed E-state index contributed by atoms with van der Waals surface area (Å²) in [5.74, 6) is -0.472. The van der Waals surface area contributed by atoms with E-state index in [0.29, 0.717) is 36.8 Å². The minimum atomic E-state index is -1.98. The van der Waals surface area contributed by atoms with E-state index in [1.54, 1.807) is 29.2 Å². The van der Waals surface area contributed by atoms with Gasteiger partial charge in [-0.2, -0.15) is 0 Å². The van der Waals surface area contributed by atoms with Crippen molar-refractivity contribution in [1.82, 2.24) is 9.80 Å². The Labute approximate surface area is 145 Å². The largest absolute Gasteiger partial charge is 0.340 e. The monoisotopic (exact) mass is 353 g/mol. The lowest BCUT2D eigenvalue weighted by atomic mass is 9.93. The number of anilines is 1. The minimum Gasteiger partial charge on any atom is -0.340 e. The highest BCUT2D eigenvalue weighted by molar-refractivity contribution is 6.30. The van der Waals surface area contributed by atoms with Gasteiger partial charge in [0.2, 0.25) is 5.67 Å². The molecule has 2 aliphatic heterocycles. The predicted molar refractivity (Wildman–Crippen MR) is 90.9 cm³/mol. The second kappa shape index (κ2) is 6.97. The average molecular weight is 354 g/mol. The molecule has 2 heterocycles. The van der Waals surface area contributed by atoms with Crippen molar-refractivity contribution in [3.63, 3.8) is 0 Å². The number of piperidine rings is 1. The predicted octanol–water partition coefficient (Wildman–Crippen LogP) is 3.30. The molecule has 2 fully saturated rings. The number of amides is 3. The van der Waals surface area contributed by atoms with Crippen LogP contribution in [-0.4, -0.2) is 53.6 Å². The highest BCUT2D eigenvalue weighted by atomic mass is 35.5. The maximum Gasteiger partial charge on any atom is 0.321 e. The molecule has 1 unspecified atom stereocenters. The maximum atomic E-state index is 15.2. The van der Waals surface area contributed by atoms with E-state index in [-0.39, 0.29) is 13.0 Å². The summed E-state index contributed by atoms with van der Waals surface area (Å²) in [6.45, 7) is 1.46. The number of alkyl halides is 1. The fourth-order valence-electron chi connectivity index (χ4n) is 3.33. The van der Waals surface area contributed by atoms with Gasteiger partial charge in [-0.05, 0) is 43.9 Å². The molecule has 130 valence electrons. The van der Waals surface area contributed by atoms with Crippen LogP contribution in [-0.2, 0) is 4.79 Å². The standard InChI is InChI=1S/C17H21ClFN3O2/c18-13-5-3-6-14(11-13)20-16(24)22-10-4-7-17(19,12-22)15(23)21-8-1-2-9-21/h3,5-6,11H,1-2,4,7-10,12H2,(H,20,24). The van der Waals surface area contributed by atoms with Gasteiger partial charge in [0.1, 0.15) is 0 Å². The Hall–Kier alpha value is -1.82. The number of carbonyl (C=O) groups excluding carboxylic acids is 2. The molecule has 1 N–H and O–H groups in total. The average Bonchev–Trinajstić information content (AvgIpc) is 3.08. The molecule has 1 atom stereocenters. The molecule has 0 radical (unpaired) electrons. The highest BCUT2D eigenvalue weighted by Gasteiger charge is 2.46. The highest BCUT2D eigenvalue weighted by Crippen LogP contribution is 2.29. The van der Waals surface area contributed by atoms with Crippen LogP contribution in [0.2, 0.25) is 5.02 Å². The molecule has 7 heteroatoms. The molecule has 2 saturated heterocycles. The van der Waals surface area contributed by atoms with E-state index >= 15 is 4.39 Å². The third-order valence-electron chi connectivity index (χ3n) is 4.58. The van der Waals surface area contributed by atoms with Gasteiger partial charge in [-0.15, -0.1) is 0 Å². The van der Waals surface area contributed by atoms with Crippen molar-refractivity contribution in [3.05, 3.63) is 29.3 Å². The first-order valence-electron chi connectivity index (χ1n) is 8.28. The normalized spacial score (nSPS) is 24.1. The summed E-state index contributed by atoms with van der Waals surface area (Å²) < 4.78 is 15.2. The van der Waals surface area contributed by atoms with Crippen LogP contribution < -0.4 is 5.32 Å². The molecular formula is C17H21ClFN3O2. The molecular weight excluding hydrogens is 333 g/mol. The Morgan fingerprint density at radius 3 is 2.54 bits per heavy atom. The van der Waals surface area contributed by atoms with Crippen LogP contribution in [0.5, 0.6) is 0 Å². The van der Waals surface area contributed by atoms with Gasteiger partial charge < -0.3 is 15.1 Å². The van der Waals surface area contributed by atoms with Crippen molar-refractivity contribution in [2.75, 3.05) is 31.5 Å². The van der Waals surface area contributed by atoms with Crippen molar-refractivity contribution >= 4 is 29.2 Å². The van der Waals surface area contributed by atoms with E-state index in [9.17, 15) is 9.59 Å². The first kappa shape index (κ1) is 17.0. The van der Waals surface area contributed by atoms with Crippen molar-refractivity contribution in [3.8, 4) is 0 Å². The third kappa shape index (κ3) is 3.64. The molecule has 3 amide bonds. The molecule has 3 rings (SSSR count). The van der Waals surface area contributed by atoms with Crippen LogP contribution >= 0.6 is 11.6 Å². The van der Waals surface area contributed by atoms with Crippen molar-refractivity contribution < 1.29 is 14.0 Å². The molecule has 0 bridgehead atoms. The summed E-state index contributed by atoms with van der Waals surface area (Å²) in [4.78, 5) is 27.8. The molecule has 1 aromatic rings. The fourth-order valence-corrected chi connectivity index (χ4v) is 3.52. The van der Waals surface area contributed by atoms with Gasteiger partial charge in [0.15, 0.2) is 0 Å². The zero-order chi connectivity index (χ0) is 17.2. The summed E-state index contributed by atoms with van der Waals surface area (Å²) >= 11 is 5.90. The van der Waals surface area contributed by atoms with Crippen LogP contribution in [0.1, 0.15) is 25.7 Å². The SMILES string of the molecule is O=C(Nc1cccc(Cl)c1)N1CCCC(F)(C(=O)N2CCCC2)C1. The number of hydrogen-bond donors (Lipinski definition) is 1. The van der Waals surface area contributed by atoms with Gasteiger partial charge in [0.25, 0.3) is 5.91 Å². The quantitative estimate of drug-likeness (QED) is 0.887. The number of likely N-dealkylation sites (tertiary alicyclic amines) is 2. The van der Waals surface area contributed by atoms with Gasteiger partial charge >= 0.3 is 6.03 Å². The molecule has 0 aromatic heterocycles. The summed E-state index contributed by atoms with van der Waals surface area (Å²) in [6.07, 6.45) is 2.48. The number of carbonyl (C=O) groups is 2. The maximum absolute atomic E-state index is 15.2. The Balaban J connectivity index is 1.66. The smallest absolute Gasteiger partial charge is 0.321 e. The second-order valence-electron chi connectivity index (χ2n) is 6.43. The Kier molecular flexibility index (Phi) is 4.94. The summed E-state index contributed by atoms with van der Waals surface area (Å²) in [7, 11) is 0. The number of rotatable bonds is 2. The molecule has 24 heavy (non-hydrogen) atoms. The molecule has 1 aromatic carbocycles. The lowest BCUT2D eigenvalue weighted by molar-refractivity contribution is -0.145. The summed E-state index contributed by atoms with van der Waals surface area (Å²) in [5.41, 5.74) is -1.43. The number of nitrogens with one attached hydrogen (secondary N) is 1. The third-order valence-corrected chi connectivity index (χ3v) is 4.82. The fraction of sp³-hybridized carbons (Fsp3) is 0.529. The van der Waals surface area contributed by atoms with E-state index in [2.05, 4.69) is 5.32 Å². The number of urea groups is 1. The van der Waals surface area contributed by atoms with E-state index in [0.717, 1.165) is 12.8 Å². The second-order valence-corrected chi connectivity index (χ2v) is 6.87. The van der Waals surface area contributed by atoms with Crippen LogP contribution in [0.3, 0.4) is 0 Å². The van der Waals surface area contributed by atoms with Gasteiger partial charge in [-0.3, -0.25) is 4.79 Å². The molecule has 2 aliphatic rings. The number of nitrogens with zero attached hydrogens (tertiary/aromatic N) is 2. The van der Waals surface area contributed by atoms with Gasteiger partial charge in [-0.1, -0.05) is 17.7 Å². The van der Waals surface area contributed by atoms with Crippen molar-refractivity contribution in [1.29, 1.82) is 0 Å². The van der Waals surface area contributed by atoms with Crippen molar-refractivity contribution in [2.24, 2.45) is 0 Å². The zero-order valence-corrected chi connectivity index (χ0v) is 14.2. The minimum absolute atomic E-state index is 0.170. The summed E-state index contributed by atoms with van der Waals surface area (Å²) in [6, 6.07) is 6.37. The van der Waals surface area contributed by atoms with Gasteiger partial charge in [0.05, 0.1) is 6.54 Å². The van der Waals surface area contributed by atoms with Crippen molar-refractivity contribution in [2.45, 2.75) is 31.4 Å². The number of benzene rings is 1. The summed E-state index contributed by atoms with van der Waals surface area (Å²) in [5, 5.41) is 3.22. The van der Waals surface area contributed by atoms with E-state index in [4.69, 9.17) is 11.6 Å². The lowest BCUT2D eigenvalue weighted by Gasteiger charge is -2.38. The van der Waals surface area contributed by atoms with Gasteiger partial charge in [-0.25, -0.2) is 9.18 Å². The number of halogens is 2. The molecule has 0 spiro atoms. The molecule has 0 aliphatic carbocycles. The lowest BCUT2D eigenvalue weighted by Crippen LogP contribution is -2.56. The zero-order valence-electron chi connectivity index (χ0n) is 13.4. The Bertz CT molecular complexity index is 636. The van der Waals surface area contributed by atoms with E-state index in [1.807, 2.05) is 0 Å². The molecule has 5 nitrogen and oxygen atoms in total.